The van der Waals surface area contributed by atoms with E-state index >= 15 is 0 Å². The van der Waals surface area contributed by atoms with Gasteiger partial charge in [-0.15, -0.1) is 0 Å². The molecule has 22 heavy (non-hydrogen) atoms. The zero-order chi connectivity index (χ0) is 15.9. The van der Waals surface area contributed by atoms with E-state index in [0.29, 0.717) is 22.7 Å². The Morgan fingerprint density at radius 3 is 2.95 bits per heavy atom. The Labute approximate surface area is 132 Å². The molecule has 6 nitrogen and oxygen atoms in total. The second kappa shape index (κ2) is 5.57. The molecule has 3 rings (SSSR count). The number of carbonyl (C=O) groups excluding carboxylic acids is 2. The minimum atomic E-state index is -0.316. The molecule has 0 radical (unpaired) electrons. The van der Waals surface area contributed by atoms with E-state index in [2.05, 4.69) is 10.3 Å². The van der Waals surface area contributed by atoms with Crippen LogP contribution in [0.3, 0.4) is 0 Å². The number of carbonyl (C=O) groups is 2. The lowest BCUT2D eigenvalue weighted by molar-refractivity contribution is -0.129. The fraction of sp³-hybridized carbons (Fsp3) is 0.400. The molecule has 2 heterocycles. The van der Waals surface area contributed by atoms with E-state index in [1.165, 1.54) is 0 Å². The lowest BCUT2D eigenvalue weighted by atomic mass is 10.1. The van der Waals surface area contributed by atoms with Crippen molar-refractivity contribution in [2.24, 2.45) is 5.92 Å². The van der Waals surface area contributed by atoms with Crippen LogP contribution in [-0.2, 0) is 9.59 Å². The summed E-state index contributed by atoms with van der Waals surface area (Å²) in [5.74, 6) is -0.435. The minimum Gasteiger partial charge on any atom is -0.429 e. The Hall–Kier alpha value is -2.15. The number of nitrogens with one attached hydrogen (secondary N) is 2. The highest BCUT2D eigenvalue weighted by molar-refractivity contribution is 7.71. The van der Waals surface area contributed by atoms with Crippen molar-refractivity contribution in [1.82, 2.24) is 9.88 Å². The maximum Gasteiger partial charge on any atom is 0.266 e. The largest absolute Gasteiger partial charge is 0.429 e. The summed E-state index contributed by atoms with van der Waals surface area (Å²) < 4.78 is 5.33. The molecule has 7 heteroatoms. The second-order valence-corrected chi connectivity index (χ2v) is 6.13. The number of amides is 2. The number of rotatable bonds is 3. The van der Waals surface area contributed by atoms with Crippen LogP contribution in [0.25, 0.3) is 11.1 Å². The maximum atomic E-state index is 12.3. The van der Waals surface area contributed by atoms with Crippen LogP contribution in [-0.4, -0.2) is 34.3 Å². The van der Waals surface area contributed by atoms with Crippen molar-refractivity contribution in [2.45, 2.75) is 26.3 Å². The molecule has 0 bridgehead atoms. The van der Waals surface area contributed by atoms with Crippen molar-refractivity contribution in [2.75, 3.05) is 11.9 Å². The van der Waals surface area contributed by atoms with Crippen molar-refractivity contribution in [3.8, 4) is 0 Å². The molecule has 2 aromatic rings. The highest BCUT2D eigenvalue weighted by atomic mass is 32.1. The second-order valence-electron chi connectivity index (χ2n) is 5.76. The number of aromatic nitrogens is 1. The van der Waals surface area contributed by atoms with E-state index in [1.54, 1.807) is 23.1 Å². The summed E-state index contributed by atoms with van der Waals surface area (Å²) in [5.41, 5.74) is 2.00. The van der Waals surface area contributed by atoms with E-state index in [9.17, 15) is 9.59 Å². The maximum absolute atomic E-state index is 12.3. The van der Waals surface area contributed by atoms with E-state index in [0.717, 1.165) is 5.52 Å². The molecule has 0 spiro atoms. The standard InChI is InChI=1S/C15H17N3O3S/c1-8(2)18-7-9(5-13(18)19)14(20)16-10-3-4-11-12(6-10)21-15(22)17-11/h3-4,6,8-9H,5,7H2,1-2H3,(H,16,20)(H,17,22). The Balaban J connectivity index is 1.73. The van der Waals surface area contributed by atoms with Gasteiger partial charge in [-0.2, -0.15) is 0 Å². The quantitative estimate of drug-likeness (QED) is 0.853. The Bertz CT molecular complexity index is 793. The first-order valence-electron chi connectivity index (χ1n) is 7.17. The molecule has 1 aliphatic rings. The zero-order valence-electron chi connectivity index (χ0n) is 12.4. The molecule has 1 fully saturated rings. The summed E-state index contributed by atoms with van der Waals surface area (Å²) in [7, 11) is 0. The van der Waals surface area contributed by atoms with E-state index in [1.807, 2.05) is 13.8 Å². The monoisotopic (exact) mass is 319 g/mol. The average molecular weight is 319 g/mol. The van der Waals surface area contributed by atoms with E-state index < -0.39 is 0 Å². The SMILES string of the molecule is CC(C)N1CC(C(=O)Nc2ccc3[nH]c(=S)oc3c2)CC1=O. The number of oxazole rings is 1. The van der Waals surface area contributed by atoms with Crippen LogP contribution in [0.4, 0.5) is 5.69 Å². The lowest BCUT2D eigenvalue weighted by Crippen LogP contribution is -2.33. The lowest BCUT2D eigenvalue weighted by Gasteiger charge is -2.20. The molecule has 1 aromatic carbocycles. The molecule has 2 amide bonds. The highest BCUT2D eigenvalue weighted by Gasteiger charge is 2.35. The first-order chi connectivity index (χ1) is 10.4. The molecule has 1 unspecified atom stereocenters. The average Bonchev–Trinajstić information content (AvgIpc) is 3.00. The zero-order valence-corrected chi connectivity index (χ0v) is 13.2. The molecule has 2 N–H and O–H groups in total. The minimum absolute atomic E-state index is 0.0296. The number of hydrogen-bond acceptors (Lipinski definition) is 4. The molecule has 0 aliphatic carbocycles. The molecule has 1 aromatic heterocycles. The number of likely N-dealkylation sites (tertiary alicyclic amines) is 1. The highest BCUT2D eigenvalue weighted by Crippen LogP contribution is 2.23. The van der Waals surface area contributed by atoms with Gasteiger partial charge in [0.2, 0.25) is 11.8 Å². The van der Waals surface area contributed by atoms with Gasteiger partial charge >= 0.3 is 0 Å². The molecular weight excluding hydrogens is 302 g/mol. The van der Waals surface area contributed by atoms with Gasteiger partial charge in [-0.3, -0.25) is 9.59 Å². The topological polar surface area (TPSA) is 78.3 Å². The van der Waals surface area contributed by atoms with Crippen LogP contribution in [0, 0.1) is 10.8 Å². The van der Waals surface area contributed by atoms with Gasteiger partial charge in [-0.05, 0) is 38.2 Å². The molecule has 1 saturated heterocycles. The number of hydrogen-bond donors (Lipinski definition) is 2. The van der Waals surface area contributed by atoms with Crippen LogP contribution < -0.4 is 5.32 Å². The van der Waals surface area contributed by atoms with Crippen LogP contribution in [0.15, 0.2) is 22.6 Å². The number of anilines is 1. The van der Waals surface area contributed by atoms with Gasteiger partial charge < -0.3 is 19.6 Å². The summed E-state index contributed by atoms with van der Waals surface area (Å²) in [4.78, 5) is 29.1. The normalized spacial score (nSPS) is 18.4. The first-order valence-corrected chi connectivity index (χ1v) is 7.58. The van der Waals surface area contributed by atoms with Crippen molar-refractivity contribution in [3.63, 3.8) is 0 Å². The van der Waals surface area contributed by atoms with Gasteiger partial charge in [-0.25, -0.2) is 0 Å². The Morgan fingerprint density at radius 1 is 1.50 bits per heavy atom. The predicted molar refractivity (Wildman–Crippen MR) is 85.0 cm³/mol. The van der Waals surface area contributed by atoms with Crippen molar-refractivity contribution in [3.05, 3.63) is 23.0 Å². The fourth-order valence-corrected chi connectivity index (χ4v) is 2.87. The Morgan fingerprint density at radius 2 is 2.27 bits per heavy atom. The van der Waals surface area contributed by atoms with Gasteiger partial charge in [-0.1, -0.05) is 0 Å². The molecular formula is C15H17N3O3S. The third kappa shape index (κ3) is 2.76. The fourth-order valence-electron chi connectivity index (χ4n) is 2.67. The number of nitrogens with zero attached hydrogens (tertiary/aromatic N) is 1. The van der Waals surface area contributed by atoms with Gasteiger partial charge in [0.25, 0.3) is 4.84 Å². The van der Waals surface area contributed by atoms with Crippen LogP contribution in [0.1, 0.15) is 20.3 Å². The number of benzene rings is 1. The predicted octanol–water partition coefficient (Wildman–Crippen LogP) is 2.69. The molecule has 1 aliphatic heterocycles. The van der Waals surface area contributed by atoms with Crippen LogP contribution in [0.5, 0.6) is 0 Å². The summed E-state index contributed by atoms with van der Waals surface area (Å²) in [6.07, 6.45) is 0.261. The van der Waals surface area contributed by atoms with Crippen molar-refractivity contribution < 1.29 is 14.0 Å². The Kier molecular flexibility index (Phi) is 3.74. The molecule has 0 saturated carbocycles. The smallest absolute Gasteiger partial charge is 0.266 e. The first kappa shape index (κ1) is 14.8. The number of aromatic amines is 1. The van der Waals surface area contributed by atoms with Crippen molar-refractivity contribution in [1.29, 1.82) is 0 Å². The van der Waals surface area contributed by atoms with E-state index in [-0.39, 0.29) is 30.2 Å². The van der Waals surface area contributed by atoms with Crippen LogP contribution in [0.2, 0.25) is 0 Å². The summed E-state index contributed by atoms with van der Waals surface area (Å²) >= 11 is 4.93. The van der Waals surface area contributed by atoms with E-state index in [4.69, 9.17) is 16.6 Å². The summed E-state index contributed by atoms with van der Waals surface area (Å²) in [6, 6.07) is 5.41. The summed E-state index contributed by atoms with van der Waals surface area (Å²) in [6.45, 7) is 4.37. The van der Waals surface area contributed by atoms with Gasteiger partial charge in [0.15, 0.2) is 5.58 Å². The third-order valence-electron chi connectivity index (χ3n) is 3.84. The van der Waals surface area contributed by atoms with Crippen LogP contribution >= 0.6 is 12.2 Å². The van der Waals surface area contributed by atoms with Gasteiger partial charge in [0.05, 0.1) is 11.4 Å². The van der Waals surface area contributed by atoms with Crippen molar-refractivity contribution >= 4 is 40.8 Å². The van der Waals surface area contributed by atoms with Gasteiger partial charge in [0, 0.05) is 30.8 Å². The summed E-state index contributed by atoms with van der Waals surface area (Å²) in [5, 5.41) is 2.84. The number of H-pyrrole nitrogens is 1. The third-order valence-corrected chi connectivity index (χ3v) is 4.03. The number of fused-ring (bicyclic) bond motifs is 1. The van der Waals surface area contributed by atoms with Gasteiger partial charge in [0.1, 0.15) is 0 Å². The molecule has 116 valence electrons. The molecule has 1 atom stereocenters.